The van der Waals surface area contributed by atoms with Crippen LogP contribution in [0.4, 0.5) is 4.39 Å². The number of alkyl halides is 1. The number of hydrogen-bond donors (Lipinski definition) is 0. The van der Waals surface area contributed by atoms with E-state index in [9.17, 15) is 4.39 Å². The van der Waals surface area contributed by atoms with Crippen LogP contribution in [0.3, 0.4) is 0 Å². The number of halogens is 1. The first-order chi connectivity index (χ1) is 6.27. The third kappa shape index (κ3) is 11.7. The second-order valence-electron chi connectivity index (χ2n) is 3.69. The van der Waals surface area contributed by atoms with Gasteiger partial charge in [-0.25, -0.2) is 4.39 Å². The third-order valence-electron chi connectivity index (χ3n) is 2.21. The fourth-order valence-corrected chi connectivity index (χ4v) is 1.38. The van der Waals surface area contributed by atoms with Gasteiger partial charge in [-0.05, 0) is 33.1 Å². The molecule has 0 N–H and O–H groups in total. The summed E-state index contributed by atoms with van der Waals surface area (Å²) in [5.41, 5.74) is 0. The van der Waals surface area contributed by atoms with Crippen LogP contribution in [0, 0.1) is 0 Å². The highest BCUT2D eigenvalue weighted by molar-refractivity contribution is 4.76. The first kappa shape index (κ1) is 12.7. The number of rotatable bonds is 8. The van der Waals surface area contributed by atoms with Crippen LogP contribution in [0.5, 0.6) is 0 Å². The average Bonchev–Trinajstić information content (AvgIpc) is 2.09. The van der Waals surface area contributed by atoms with E-state index in [-0.39, 0.29) is 0 Å². The van der Waals surface area contributed by atoms with E-state index < -0.39 is 6.17 Å². The van der Waals surface area contributed by atoms with Crippen molar-refractivity contribution in [2.24, 2.45) is 0 Å². The van der Waals surface area contributed by atoms with Crippen molar-refractivity contribution in [1.29, 1.82) is 0 Å². The highest BCUT2D eigenvalue weighted by Crippen LogP contribution is 2.09. The van der Waals surface area contributed by atoms with Gasteiger partial charge in [0, 0.05) is 0 Å². The molecule has 0 aromatic heterocycles. The van der Waals surface area contributed by atoms with Crippen molar-refractivity contribution in [2.75, 3.05) is 0 Å². The minimum Gasteiger partial charge on any atom is -0.248 e. The number of allylic oxidation sites excluding steroid dienone is 2. The minimum atomic E-state index is -0.608. The van der Waals surface area contributed by atoms with Gasteiger partial charge in [-0.2, -0.15) is 0 Å². The molecule has 0 aliphatic rings. The average molecular weight is 186 g/mol. The molecule has 0 fully saturated rings. The SMILES string of the molecule is CC=CCCCCCCCC(C)F. The molecular weight excluding hydrogens is 163 g/mol. The molecule has 0 saturated carbocycles. The van der Waals surface area contributed by atoms with Gasteiger partial charge in [-0.3, -0.25) is 0 Å². The van der Waals surface area contributed by atoms with Crippen molar-refractivity contribution in [3.05, 3.63) is 12.2 Å². The van der Waals surface area contributed by atoms with Crippen LogP contribution in [-0.4, -0.2) is 6.17 Å². The lowest BCUT2D eigenvalue weighted by Crippen LogP contribution is -1.91. The lowest BCUT2D eigenvalue weighted by molar-refractivity contribution is 0.329. The van der Waals surface area contributed by atoms with Crippen LogP contribution in [-0.2, 0) is 0 Å². The highest BCUT2D eigenvalue weighted by Gasteiger charge is 1.96. The Labute approximate surface area is 82.2 Å². The molecule has 0 amide bonds. The Morgan fingerprint density at radius 1 is 1.08 bits per heavy atom. The Morgan fingerprint density at radius 3 is 2.31 bits per heavy atom. The summed E-state index contributed by atoms with van der Waals surface area (Å²) in [4.78, 5) is 0. The molecule has 0 spiro atoms. The second kappa shape index (κ2) is 9.76. The standard InChI is InChI=1S/C12H23F/c1-3-4-5-6-7-8-9-10-11-12(2)13/h3-4,12H,5-11H2,1-2H3. The molecular formula is C12H23F. The summed E-state index contributed by atoms with van der Waals surface area (Å²) in [5, 5.41) is 0. The molecule has 1 atom stereocenters. The van der Waals surface area contributed by atoms with Crippen molar-refractivity contribution < 1.29 is 4.39 Å². The van der Waals surface area contributed by atoms with Crippen LogP contribution in [0.2, 0.25) is 0 Å². The summed E-state index contributed by atoms with van der Waals surface area (Å²) in [5.74, 6) is 0. The first-order valence-electron chi connectivity index (χ1n) is 5.52. The Balaban J connectivity index is 2.91. The smallest absolute Gasteiger partial charge is 0.0973 e. The van der Waals surface area contributed by atoms with Crippen LogP contribution in [0.25, 0.3) is 0 Å². The predicted molar refractivity (Wildman–Crippen MR) is 57.7 cm³/mol. The quantitative estimate of drug-likeness (QED) is 0.382. The van der Waals surface area contributed by atoms with Gasteiger partial charge in [0.1, 0.15) is 0 Å². The van der Waals surface area contributed by atoms with Crippen molar-refractivity contribution in [1.82, 2.24) is 0 Å². The van der Waals surface area contributed by atoms with Crippen molar-refractivity contribution >= 4 is 0 Å². The highest BCUT2D eigenvalue weighted by atomic mass is 19.1. The molecule has 0 aromatic carbocycles. The van der Waals surface area contributed by atoms with Gasteiger partial charge in [0.25, 0.3) is 0 Å². The zero-order valence-electron chi connectivity index (χ0n) is 9.06. The maximum absolute atomic E-state index is 12.4. The van der Waals surface area contributed by atoms with E-state index in [1.54, 1.807) is 6.92 Å². The lowest BCUT2D eigenvalue weighted by Gasteiger charge is -2.01. The molecule has 0 bridgehead atoms. The molecule has 78 valence electrons. The van der Waals surface area contributed by atoms with E-state index in [1.807, 2.05) is 0 Å². The van der Waals surface area contributed by atoms with Crippen molar-refractivity contribution in [3.8, 4) is 0 Å². The van der Waals surface area contributed by atoms with Gasteiger partial charge in [0.05, 0.1) is 6.17 Å². The van der Waals surface area contributed by atoms with Gasteiger partial charge < -0.3 is 0 Å². The van der Waals surface area contributed by atoms with Gasteiger partial charge in [0.15, 0.2) is 0 Å². The fraction of sp³-hybridized carbons (Fsp3) is 0.833. The number of unbranched alkanes of at least 4 members (excludes halogenated alkanes) is 5. The molecule has 0 nitrogen and oxygen atoms in total. The lowest BCUT2D eigenvalue weighted by atomic mass is 10.1. The van der Waals surface area contributed by atoms with Gasteiger partial charge in [0.2, 0.25) is 0 Å². The van der Waals surface area contributed by atoms with E-state index in [0.29, 0.717) is 0 Å². The topological polar surface area (TPSA) is 0 Å². The van der Waals surface area contributed by atoms with E-state index in [1.165, 1.54) is 32.1 Å². The van der Waals surface area contributed by atoms with E-state index >= 15 is 0 Å². The largest absolute Gasteiger partial charge is 0.248 e. The Bertz CT molecular complexity index is 116. The van der Waals surface area contributed by atoms with Crippen molar-refractivity contribution in [3.63, 3.8) is 0 Å². The minimum absolute atomic E-state index is 0.608. The summed E-state index contributed by atoms with van der Waals surface area (Å²) in [6, 6.07) is 0. The maximum Gasteiger partial charge on any atom is 0.0973 e. The van der Waals surface area contributed by atoms with Crippen LogP contribution in [0.15, 0.2) is 12.2 Å². The van der Waals surface area contributed by atoms with Crippen LogP contribution < -0.4 is 0 Å². The Morgan fingerprint density at radius 2 is 1.69 bits per heavy atom. The molecule has 0 aliphatic carbocycles. The molecule has 0 aromatic rings. The summed E-state index contributed by atoms with van der Waals surface area (Å²) in [6.07, 6.45) is 11.8. The predicted octanol–water partition coefficient (Wildman–Crippen LogP) is 4.65. The summed E-state index contributed by atoms with van der Waals surface area (Å²) < 4.78 is 12.4. The van der Waals surface area contributed by atoms with Gasteiger partial charge in [-0.15, -0.1) is 0 Å². The Kier molecular flexibility index (Phi) is 9.51. The number of hydrogen-bond acceptors (Lipinski definition) is 0. The summed E-state index contributed by atoms with van der Waals surface area (Å²) in [7, 11) is 0. The van der Waals surface area contributed by atoms with Crippen molar-refractivity contribution in [2.45, 2.75) is 65.0 Å². The van der Waals surface area contributed by atoms with Gasteiger partial charge >= 0.3 is 0 Å². The van der Waals surface area contributed by atoms with E-state index in [2.05, 4.69) is 19.1 Å². The summed E-state index contributed by atoms with van der Waals surface area (Å²) >= 11 is 0. The molecule has 1 unspecified atom stereocenters. The summed E-state index contributed by atoms with van der Waals surface area (Å²) in [6.45, 7) is 3.70. The first-order valence-corrected chi connectivity index (χ1v) is 5.52. The molecule has 0 radical (unpaired) electrons. The van der Waals surface area contributed by atoms with E-state index in [0.717, 1.165) is 12.8 Å². The second-order valence-corrected chi connectivity index (χ2v) is 3.69. The van der Waals surface area contributed by atoms with Crippen LogP contribution >= 0.6 is 0 Å². The Hall–Kier alpha value is -0.330. The zero-order valence-corrected chi connectivity index (χ0v) is 9.06. The molecule has 0 rings (SSSR count). The molecule has 0 heterocycles. The normalized spacial score (nSPS) is 13.8. The molecule has 0 saturated heterocycles. The fourth-order valence-electron chi connectivity index (χ4n) is 1.38. The van der Waals surface area contributed by atoms with E-state index in [4.69, 9.17) is 0 Å². The monoisotopic (exact) mass is 186 g/mol. The zero-order chi connectivity index (χ0) is 9.94. The maximum atomic E-state index is 12.4. The van der Waals surface area contributed by atoms with Gasteiger partial charge in [-0.1, -0.05) is 37.8 Å². The molecule has 13 heavy (non-hydrogen) atoms. The molecule has 0 aliphatic heterocycles. The third-order valence-corrected chi connectivity index (χ3v) is 2.21. The van der Waals surface area contributed by atoms with Crippen LogP contribution in [0.1, 0.15) is 58.8 Å². The molecule has 1 heteroatoms.